The highest BCUT2D eigenvalue weighted by Gasteiger charge is 2.29. The maximum absolute atomic E-state index is 5.58. The predicted molar refractivity (Wildman–Crippen MR) is 279 cm³/mol. The normalized spacial score (nSPS) is 11.6. The number of benzene rings is 7. The third-order valence-corrected chi connectivity index (χ3v) is 13.6. The van der Waals surface area contributed by atoms with Crippen molar-refractivity contribution in [2.24, 2.45) is 0 Å². The van der Waals surface area contributed by atoms with E-state index in [1.165, 1.54) is 126 Å². The second-order valence-corrected chi connectivity index (χ2v) is 15.9. The fourth-order valence-corrected chi connectivity index (χ4v) is 9.34. The Morgan fingerprint density at radius 3 is 1.33 bits per heavy atom. The highest BCUT2D eigenvalue weighted by atomic mass is 15.1. The van der Waals surface area contributed by atoms with Crippen LogP contribution in [0.5, 0.6) is 0 Å². The van der Waals surface area contributed by atoms with E-state index in [0.29, 0.717) is 0 Å². The van der Waals surface area contributed by atoms with Gasteiger partial charge in [-0.3, -0.25) is 4.57 Å². The van der Waals surface area contributed by atoms with Crippen molar-refractivity contribution in [2.45, 2.75) is 0 Å². The van der Waals surface area contributed by atoms with Gasteiger partial charge in [0.1, 0.15) is 108 Å². The van der Waals surface area contributed by atoms with Crippen molar-refractivity contribution in [3.05, 3.63) is 78.9 Å². The zero-order valence-electron chi connectivity index (χ0n) is 34.4. The number of nitrogens with zero attached hydrogens (tertiary/aromatic N) is 2. The number of hydrogen-bond acceptors (Lipinski definition) is 1. The van der Waals surface area contributed by atoms with E-state index in [-0.39, 0.29) is 0 Å². The van der Waals surface area contributed by atoms with Gasteiger partial charge in [-0.25, -0.2) is 4.98 Å². The van der Waals surface area contributed by atoms with Crippen molar-refractivity contribution in [3.8, 4) is 39.3 Å². The molecule has 54 heavy (non-hydrogen) atoms. The molecule has 2 nitrogen and oxygen atoms in total. The average molecular weight is 676 g/mol. The fraction of sp³-hybridized carbons (Fsp3) is 0. The molecule has 0 aliphatic carbocycles. The van der Waals surface area contributed by atoms with E-state index in [0.717, 1.165) is 16.9 Å². The Hall–Kier alpha value is -4.63. The first kappa shape index (κ1) is 36.4. The third kappa shape index (κ3) is 5.17. The number of imidazole rings is 1. The summed E-state index contributed by atoms with van der Waals surface area (Å²) in [5.74, 6) is 1.02. The summed E-state index contributed by atoms with van der Waals surface area (Å²) in [6.45, 7) is 0. The molecule has 1 aromatic heterocycles. The Bertz CT molecular complexity index is 2810. The summed E-state index contributed by atoms with van der Waals surface area (Å²) >= 11 is 0. The number of rotatable bonds is 4. The SMILES string of the molecule is Bc1c(B)c(B)c(-c2nc3ccccc3n2-c2c3c(B)c(B)c(B)c(B)c3c(-c3cccc(-c4ccccc4)c3)c3c(B)c(B)c(B)c(B)c23)c(B)c1B. The van der Waals surface area contributed by atoms with Crippen LogP contribution in [0, 0.1) is 0 Å². The lowest BCUT2D eigenvalue weighted by molar-refractivity contribution is 1.13. The molecule has 0 aliphatic rings. The van der Waals surface area contributed by atoms with Gasteiger partial charge in [-0.1, -0.05) is 93.4 Å². The lowest BCUT2D eigenvalue weighted by atomic mass is 9.60. The van der Waals surface area contributed by atoms with Crippen molar-refractivity contribution < 1.29 is 0 Å². The van der Waals surface area contributed by atoms with Crippen molar-refractivity contribution in [2.75, 3.05) is 0 Å². The van der Waals surface area contributed by atoms with Crippen LogP contribution in [0.3, 0.4) is 0 Å². The molecule has 0 fully saturated rings. The minimum Gasteiger partial charge on any atom is -0.291 e. The van der Waals surface area contributed by atoms with Crippen LogP contribution in [0.1, 0.15) is 0 Å². The zero-order chi connectivity index (χ0) is 38.5. The third-order valence-electron chi connectivity index (χ3n) is 13.6. The van der Waals surface area contributed by atoms with E-state index >= 15 is 0 Å². The van der Waals surface area contributed by atoms with Crippen LogP contribution < -0.4 is 71.0 Å². The van der Waals surface area contributed by atoms with E-state index in [9.17, 15) is 0 Å². The Labute approximate surface area is 331 Å². The van der Waals surface area contributed by atoms with Crippen LogP contribution in [0.15, 0.2) is 78.9 Å². The van der Waals surface area contributed by atoms with Crippen molar-refractivity contribution >= 4 is 206 Å². The van der Waals surface area contributed by atoms with Crippen molar-refractivity contribution in [1.29, 1.82) is 0 Å². The Morgan fingerprint density at radius 2 is 0.778 bits per heavy atom. The molecule has 0 bridgehead atoms. The average Bonchev–Trinajstić information content (AvgIpc) is 3.56. The standard InChI is InChI=1S/C39H39B13N2/c40-25-20-19(16-10-6-9-15(13-16)14-7-2-1-3-8-14)21-23(28(43)34(49)32(47)26(21)41)38(22(20)27(42)33(48)31(25)46)54-18-12-5-4-11-17(18)53-39(54)24-29(44)35(50)37(52)36(51)30(24)45/h1-13H,40-52H2. The van der Waals surface area contributed by atoms with Crippen LogP contribution in [0.25, 0.3) is 71.9 Å². The summed E-state index contributed by atoms with van der Waals surface area (Å²) in [6, 6.07) is 28.8. The van der Waals surface area contributed by atoms with Crippen LogP contribution in [0.4, 0.5) is 0 Å². The number of hydrogen-bond donors (Lipinski definition) is 0. The number of aromatic nitrogens is 2. The van der Waals surface area contributed by atoms with Gasteiger partial charge < -0.3 is 0 Å². The number of para-hydroxylation sites is 2. The summed E-state index contributed by atoms with van der Waals surface area (Å²) in [7, 11) is 30.0. The largest absolute Gasteiger partial charge is 0.291 e. The molecule has 8 rings (SSSR count). The van der Waals surface area contributed by atoms with Gasteiger partial charge in [-0.05, 0) is 62.0 Å². The van der Waals surface area contributed by atoms with Gasteiger partial charge in [0.15, 0.2) is 0 Å². The molecule has 0 radical (unpaired) electrons. The van der Waals surface area contributed by atoms with Gasteiger partial charge in [0.05, 0.1) is 16.7 Å². The van der Waals surface area contributed by atoms with Crippen LogP contribution in [-0.4, -0.2) is 112 Å². The van der Waals surface area contributed by atoms with Gasteiger partial charge in [-0.2, -0.15) is 0 Å². The first-order valence-corrected chi connectivity index (χ1v) is 19.4. The highest BCUT2D eigenvalue weighted by Crippen LogP contribution is 2.41. The quantitative estimate of drug-likeness (QED) is 0.134. The molecule has 0 saturated carbocycles. The molecule has 0 spiro atoms. The summed E-state index contributed by atoms with van der Waals surface area (Å²) in [5, 5.41) is 5.30. The van der Waals surface area contributed by atoms with E-state index in [1.807, 2.05) is 0 Å². The predicted octanol–water partition coefficient (Wildman–Crippen LogP) is -12.3. The molecule has 0 saturated heterocycles. The Balaban J connectivity index is 1.69. The second kappa shape index (κ2) is 13.3. The fourth-order valence-electron chi connectivity index (χ4n) is 9.34. The van der Waals surface area contributed by atoms with E-state index in [2.05, 4.69) is 185 Å². The minimum absolute atomic E-state index is 1.01. The zero-order valence-corrected chi connectivity index (χ0v) is 34.4. The molecule has 7 aromatic carbocycles. The Morgan fingerprint density at radius 1 is 0.352 bits per heavy atom. The molecule has 244 valence electrons. The summed E-state index contributed by atoms with van der Waals surface area (Å²) in [5.41, 5.74) is 27.1. The molecule has 0 N–H and O–H groups in total. The van der Waals surface area contributed by atoms with Crippen molar-refractivity contribution in [3.63, 3.8) is 0 Å². The van der Waals surface area contributed by atoms with Gasteiger partial charge >= 0.3 is 0 Å². The van der Waals surface area contributed by atoms with E-state index in [1.54, 1.807) is 0 Å². The first-order valence-electron chi connectivity index (χ1n) is 19.4. The number of fused-ring (bicyclic) bond motifs is 3. The topological polar surface area (TPSA) is 17.8 Å². The summed E-state index contributed by atoms with van der Waals surface area (Å²) < 4.78 is 2.55. The van der Waals surface area contributed by atoms with Crippen LogP contribution in [0.2, 0.25) is 0 Å². The molecule has 0 atom stereocenters. The maximum Gasteiger partial charge on any atom is 0.144 e. The lowest BCUT2D eigenvalue weighted by Gasteiger charge is -2.29. The molecule has 0 aliphatic heterocycles. The molecular formula is C39H39B13N2. The molecule has 15 heteroatoms. The van der Waals surface area contributed by atoms with Gasteiger partial charge in [-0.15, -0.1) is 38.2 Å². The van der Waals surface area contributed by atoms with Crippen LogP contribution >= 0.6 is 0 Å². The monoisotopic (exact) mass is 678 g/mol. The summed E-state index contributed by atoms with van der Waals surface area (Å²) in [6.07, 6.45) is 0. The molecule has 0 unspecified atom stereocenters. The van der Waals surface area contributed by atoms with E-state index in [4.69, 9.17) is 4.98 Å². The van der Waals surface area contributed by atoms with Gasteiger partial charge in [0.2, 0.25) is 0 Å². The first-order chi connectivity index (χ1) is 25.8. The lowest BCUT2D eigenvalue weighted by Crippen LogP contribution is -2.55. The highest BCUT2D eigenvalue weighted by molar-refractivity contribution is 6.72. The molecule has 8 aromatic rings. The van der Waals surface area contributed by atoms with E-state index < -0.39 is 0 Å². The molecule has 0 amide bonds. The maximum atomic E-state index is 5.58. The molecule has 1 heterocycles. The van der Waals surface area contributed by atoms with Gasteiger partial charge in [0.25, 0.3) is 0 Å². The molecular weight excluding hydrogens is 637 g/mol. The smallest absolute Gasteiger partial charge is 0.144 e. The second-order valence-electron chi connectivity index (χ2n) is 15.9. The summed E-state index contributed by atoms with van der Waals surface area (Å²) in [4.78, 5) is 5.58. The van der Waals surface area contributed by atoms with Crippen LogP contribution in [-0.2, 0) is 0 Å². The van der Waals surface area contributed by atoms with Crippen molar-refractivity contribution in [1.82, 2.24) is 9.55 Å². The van der Waals surface area contributed by atoms with Gasteiger partial charge in [0, 0.05) is 5.56 Å². The Kier molecular flexibility index (Phi) is 8.95. The minimum atomic E-state index is 1.01.